The van der Waals surface area contributed by atoms with E-state index in [1.54, 1.807) is 0 Å². The third-order valence-corrected chi connectivity index (χ3v) is 11.7. The van der Waals surface area contributed by atoms with Crippen LogP contribution in [0.25, 0.3) is 11.2 Å². The molecule has 1 fully saturated rings. The first-order valence-electron chi connectivity index (χ1n) is 16.5. The summed E-state index contributed by atoms with van der Waals surface area (Å²) in [5.74, 6) is -2.93. The van der Waals surface area contributed by atoms with Gasteiger partial charge in [-0.3, -0.25) is 32.9 Å². The predicted octanol–water partition coefficient (Wildman–Crippen LogP) is -4.25. The number of hydrogen-bond acceptors (Lipinski definition) is 24. The third-order valence-electron chi connectivity index (χ3n) is 7.80. The number of carboxylic acids is 1. The Hall–Kier alpha value is -3.01. The average Bonchev–Trinajstić information content (AvgIpc) is 3.63. The van der Waals surface area contributed by atoms with Crippen molar-refractivity contribution in [1.29, 1.82) is 0 Å². The van der Waals surface area contributed by atoms with Crippen molar-refractivity contribution in [2.24, 2.45) is 5.41 Å². The van der Waals surface area contributed by atoms with Gasteiger partial charge in [0.05, 0.1) is 39.4 Å². The number of anilines is 1. The van der Waals surface area contributed by atoms with Gasteiger partial charge in [-0.25, -0.2) is 19.3 Å². The Morgan fingerprint density at radius 2 is 1.69 bits per heavy atom. The molecule has 27 nitrogen and oxygen atoms in total. The molecule has 1 saturated heterocycles. The average molecular weight is 908 g/mol. The molecular weight excluding hydrogens is 867 g/mol. The maximum Gasteiger partial charge on any atom is 0.306 e. The highest BCUT2D eigenvalue weighted by Crippen LogP contribution is 2.56. The van der Waals surface area contributed by atoms with Crippen LogP contribution in [0.5, 0.6) is 0 Å². The first-order chi connectivity index (χ1) is 26.6. The predicted molar refractivity (Wildman–Crippen MR) is 186 cm³/mol. The van der Waals surface area contributed by atoms with E-state index in [4.69, 9.17) is 15.6 Å². The molecule has 8 N–H and O–H groups in total. The fourth-order valence-corrected chi connectivity index (χ4v) is 8.60. The Morgan fingerprint density at radius 1 is 1.03 bits per heavy atom. The monoisotopic (exact) mass is 907 g/mol. The van der Waals surface area contributed by atoms with E-state index in [0.717, 1.165) is 42.8 Å². The Kier molecular flexibility index (Phi) is 17.0. The molecule has 3 rings (SSSR count). The van der Waals surface area contributed by atoms with Crippen LogP contribution in [0.4, 0.5) is 5.82 Å². The highest BCUT2D eigenvalue weighted by atomic mass is 32.2. The maximum absolute atomic E-state index is 12.5. The van der Waals surface area contributed by atoms with E-state index in [1.165, 1.54) is 6.92 Å². The summed E-state index contributed by atoms with van der Waals surface area (Å²) >= 11 is 0.760. The molecule has 0 aromatic carbocycles. The number of fused-ring (bicyclic) bond motifs is 1. The molecule has 7 unspecified atom stereocenters. The number of phosphoric ester groups is 3. The van der Waals surface area contributed by atoms with Crippen LogP contribution in [-0.4, -0.2) is 125 Å². The second-order valence-electron chi connectivity index (χ2n) is 13.4. The molecule has 1 aliphatic heterocycles. The van der Waals surface area contributed by atoms with Crippen LogP contribution in [0, 0.1) is 5.41 Å². The van der Waals surface area contributed by atoms with Crippen molar-refractivity contribution in [3.63, 3.8) is 0 Å². The summed E-state index contributed by atoms with van der Waals surface area (Å²) in [4.78, 5) is 107. The SMILES string of the molecule is CC(C)(COP(=O)([O-])OP(=O)([O-])OCC1OC(n2cnc3c(N)ncnc32)C(O)C1OP(=O)([O-])[O-])C(O)C(=O)NCCC(=O)NCCSC(=O)C[C@@](C)(O)CC(=O)O. The topological polar surface area (TPSA) is 432 Å². The minimum atomic E-state index is -5.94. The molecule has 2 aromatic rings. The number of nitrogens with zero attached hydrogens (tertiary/aromatic N) is 4. The molecule has 0 spiro atoms. The Balaban J connectivity index is 1.47. The highest BCUT2D eigenvalue weighted by molar-refractivity contribution is 8.13. The quantitative estimate of drug-likeness (QED) is 0.0410. The number of aliphatic hydroxyl groups excluding tert-OH is 2. The molecule has 2 amide bonds. The van der Waals surface area contributed by atoms with Crippen LogP contribution < -0.4 is 35.9 Å². The Morgan fingerprint density at radius 3 is 2.33 bits per heavy atom. The number of nitrogens with two attached hydrogens (primary N) is 1. The smallest absolute Gasteiger partial charge is 0.306 e. The number of aliphatic hydroxyl groups is 3. The van der Waals surface area contributed by atoms with Crippen LogP contribution in [-0.2, 0) is 55.5 Å². The fraction of sp³-hybridized carbons (Fsp3) is 0.667. The molecule has 1 aliphatic rings. The number of amides is 2. The number of aliphatic carboxylic acids is 1. The molecule has 8 atom stereocenters. The lowest BCUT2D eigenvalue weighted by atomic mass is 9.87. The first-order valence-corrected chi connectivity index (χ1v) is 21.9. The van der Waals surface area contributed by atoms with Gasteiger partial charge < -0.3 is 79.2 Å². The lowest BCUT2D eigenvalue weighted by Gasteiger charge is -2.36. The van der Waals surface area contributed by atoms with Gasteiger partial charge in [-0.2, -0.15) is 0 Å². The summed E-state index contributed by atoms with van der Waals surface area (Å²) < 4.78 is 60.4. The number of phosphoric acid groups is 3. The van der Waals surface area contributed by atoms with Crippen LogP contribution in [0.3, 0.4) is 0 Å². The number of ether oxygens (including phenoxy) is 1. The van der Waals surface area contributed by atoms with Gasteiger partial charge in [0.1, 0.15) is 36.3 Å². The van der Waals surface area contributed by atoms with Crippen molar-refractivity contribution in [2.75, 3.05) is 37.8 Å². The minimum absolute atomic E-state index is 0.00514. The van der Waals surface area contributed by atoms with E-state index in [2.05, 4.69) is 43.5 Å². The van der Waals surface area contributed by atoms with Gasteiger partial charge in [-0.15, -0.1) is 0 Å². The number of aromatic nitrogens is 4. The summed E-state index contributed by atoms with van der Waals surface area (Å²) in [6, 6.07) is 0. The number of carbonyl (C=O) groups excluding carboxylic acids is 3. The summed E-state index contributed by atoms with van der Waals surface area (Å²) in [6.45, 7) is 0.883. The molecule has 31 heteroatoms. The van der Waals surface area contributed by atoms with Crippen LogP contribution in [0.1, 0.15) is 46.3 Å². The van der Waals surface area contributed by atoms with Crippen LogP contribution >= 0.6 is 35.2 Å². The van der Waals surface area contributed by atoms with Crippen molar-refractivity contribution < 1.29 is 95.5 Å². The molecule has 3 heterocycles. The van der Waals surface area contributed by atoms with Gasteiger partial charge in [0, 0.05) is 37.1 Å². The summed E-state index contributed by atoms with van der Waals surface area (Å²) in [6.07, 6.45) is -8.91. The van der Waals surface area contributed by atoms with Gasteiger partial charge in [-0.05, 0) is 6.92 Å². The van der Waals surface area contributed by atoms with Crippen LogP contribution in [0.15, 0.2) is 12.7 Å². The van der Waals surface area contributed by atoms with Gasteiger partial charge in [0.15, 0.2) is 22.8 Å². The Labute approximate surface area is 332 Å². The number of rotatable bonds is 23. The van der Waals surface area contributed by atoms with Gasteiger partial charge in [0.25, 0.3) is 15.6 Å². The molecule has 58 heavy (non-hydrogen) atoms. The number of carbonyl (C=O) groups is 4. The Bertz CT molecular complexity index is 1950. The van der Waals surface area contributed by atoms with Gasteiger partial charge >= 0.3 is 5.97 Å². The highest BCUT2D eigenvalue weighted by Gasteiger charge is 2.47. The number of carboxylic acid groups (broad SMARTS) is 1. The van der Waals surface area contributed by atoms with Gasteiger partial charge in [-0.1, -0.05) is 25.6 Å². The zero-order valence-corrected chi connectivity index (χ0v) is 34.1. The van der Waals surface area contributed by atoms with Crippen molar-refractivity contribution in [2.45, 2.75) is 76.3 Å². The fourth-order valence-electron chi connectivity index (χ4n) is 5.02. The second kappa shape index (κ2) is 20.0. The van der Waals surface area contributed by atoms with E-state index in [1.807, 2.05) is 0 Å². The third kappa shape index (κ3) is 15.2. The molecule has 0 saturated carbocycles. The first kappa shape index (κ1) is 49.4. The lowest BCUT2D eigenvalue weighted by Crippen LogP contribution is -2.46. The van der Waals surface area contributed by atoms with Crippen molar-refractivity contribution in [1.82, 2.24) is 30.2 Å². The van der Waals surface area contributed by atoms with E-state index in [9.17, 15) is 67.8 Å². The van der Waals surface area contributed by atoms with E-state index < -0.39 is 114 Å². The molecule has 0 bridgehead atoms. The van der Waals surface area contributed by atoms with Crippen molar-refractivity contribution in [3.8, 4) is 0 Å². The summed E-state index contributed by atoms with van der Waals surface area (Å²) in [5.41, 5.74) is 2.24. The molecule has 2 aromatic heterocycles. The van der Waals surface area contributed by atoms with E-state index in [-0.39, 0.29) is 42.2 Å². The van der Waals surface area contributed by atoms with E-state index in [0.29, 0.717) is 0 Å². The van der Waals surface area contributed by atoms with Crippen molar-refractivity contribution in [3.05, 3.63) is 12.7 Å². The van der Waals surface area contributed by atoms with Crippen molar-refractivity contribution >= 4 is 75.1 Å². The number of nitrogens with one attached hydrogen (secondary N) is 2. The number of hydrogen-bond donors (Lipinski definition) is 7. The zero-order valence-electron chi connectivity index (χ0n) is 30.6. The number of nitrogen functional groups attached to an aromatic ring is 1. The maximum atomic E-state index is 12.5. The second-order valence-corrected chi connectivity index (χ2v) is 18.7. The number of imidazole rings is 1. The molecule has 328 valence electrons. The molecular formula is C27H40N7O20P3S-4. The normalized spacial score (nSPS) is 22.4. The summed E-state index contributed by atoms with van der Waals surface area (Å²) in [7, 11) is -17.7. The van der Waals surface area contributed by atoms with Crippen LogP contribution in [0.2, 0.25) is 0 Å². The summed E-state index contributed by atoms with van der Waals surface area (Å²) in [5, 5.41) is 44.2. The van der Waals surface area contributed by atoms with Gasteiger partial charge in [0.2, 0.25) is 11.8 Å². The zero-order chi connectivity index (χ0) is 43.9. The molecule has 0 radical (unpaired) electrons. The minimum Gasteiger partial charge on any atom is -0.790 e. The standard InChI is InChI=1S/C27H44N7O20P3S/c1-26(2,21(40)24(41)30-5-4-15(35)29-6-7-58-17(38)9-27(3,42)8-16(36)37)11-51-57(48,49)54-56(46,47)50-10-14-20(53-55(43,44)45)19(39)25(52-14)34-13-33-18-22(28)31-12-32-23(18)34/h12-14,19-21,25,39-40,42H,4-11H2,1-3H3,(H,29,35)(H,30,41)(H,36,37)(H,46,47)(H,48,49)(H2,28,31,32)(H2,43,44,45)/p-4/t14?,19?,20?,21?,25?,27-/m0/s1. The number of thioether (sulfide) groups is 1. The largest absolute Gasteiger partial charge is 0.790 e. The van der Waals surface area contributed by atoms with E-state index >= 15 is 0 Å². The molecule has 0 aliphatic carbocycles. The lowest BCUT2D eigenvalue weighted by molar-refractivity contribution is -0.347.